The molecule has 12 heavy (non-hydrogen) atoms. The van der Waals surface area contributed by atoms with Crippen molar-refractivity contribution in [3.8, 4) is 0 Å². The third-order valence-corrected chi connectivity index (χ3v) is 2.10. The lowest BCUT2D eigenvalue weighted by Gasteiger charge is -2.08. The van der Waals surface area contributed by atoms with E-state index in [9.17, 15) is 0 Å². The molecule has 1 heterocycles. The average molecular weight is 173 g/mol. The first-order chi connectivity index (χ1) is 5.93. The number of hydrogen-bond donors (Lipinski definition) is 1. The quantitative estimate of drug-likeness (QED) is 0.607. The Balaban J connectivity index is 1.81. The van der Waals surface area contributed by atoms with E-state index in [-0.39, 0.29) is 0 Å². The summed E-state index contributed by atoms with van der Waals surface area (Å²) in [6, 6.07) is 0. The summed E-state index contributed by atoms with van der Waals surface area (Å²) >= 11 is 0. The van der Waals surface area contributed by atoms with Gasteiger partial charge >= 0.3 is 0 Å². The smallest absolute Gasteiger partial charge is 0.0588 e. The Morgan fingerprint density at radius 1 is 1.42 bits per heavy atom. The molecule has 3 heteroatoms. The van der Waals surface area contributed by atoms with Crippen LogP contribution in [-0.2, 0) is 9.47 Å². The molecular formula is C9H19NO2. The number of rotatable bonds is 6. The van der Waals surface area contributed by atoms with E-state index in [4.69, 9.17) is 15.2 Å². The van der Waals surface area contributed by atoms with Crippen molar-refractivity contribution >= 4 is 0 Å². The second-order valence-electron chi connectivity index (χ2n) is 3.18. The third-order valence-electron chi connectivity index (χ3n) is 2.10. The topological polar surface area (TPSA) is 44.5 Å². The van der Waals surface area contributed by atoms with Crippen molar-refractivity contribution in [2.45, 2.75) is 31.8 Å². The fourth-order valence-corrected chi connectivity index (χ4v) is 1.47. The normalized spacial score (nSPS) is 23.2. The summed E-state index contributed by atoms with van der Waals surface area (Å²) in [5, 5.41) is 0. The van der Waals surface area contributed by atoms with E-state index in [1.807, 2.05) is 0 Å². The van der Waals surface area contributed by atoms with Gasteiger partial charge in [0.2, 0.25) is 0 Å². The Kier molecular flexibility index (Phi) is 5.32. The van der Waals surface area contributed by atoms with Crippen LogP contribution in [0, 0.1) is 0 Å². The van der Waals surface area contributed by atoms with Crippen LogP contribution in [-0.4, -0.2) is 32.5 Å². The minimum atomic E-state index is 0.506. The van der Waals surface area contributed by atoms with Gasteiger partial charge in [0.25, 0.3) is 0 Å². The van der Waals surface area contributed by atoms with Crippen LogP contribution in [0.3, 0.4) is 0 Å². The van der Waals surface area contributed by atoms with Gasteiger partial charge in [0.1, 0.15) is 0 Å². The minimum Gasteiger partial charge on any atom is -0.380 e. The second kappa shape index (κ2) is 6.40. The summed E-state index contributed by atoms with van der Waals surface area (Å²) in [5.41, 5.74) is 5.28. The molecule has 3 nitrogen and oxygen atoms in total. The lowest BCUT2D eigenvalue weighted by molar-refractivity contribution is 0.0837. The number of nitrogens with two attached hydrogens (primary N) is 1. The van der Waals surface area contributed by atoms with Gasteiger partial charge in [-0.1, -0.05) is 0 Å². The van der Waals surface area contributed by atoms with Crippen molar-refractivity contribution in [1.29, 1.82) is 0 Å². The van der Waals surface area contributed by atoms with Gasteiger partial charge in [-0.25, -0.2) is 0 Å². The maximum Gasteiger partial charge on any atom is 0.0588 e. The van der Waals surface area contributed by atoms with Crippen molar-refractivity contribution in [2.75, 3.05) is 26.4 Å². The summed E-state index contributed by atoms with van der Waals surface area (Å²) in [6.07, 6.45) is 5.21. The van der Waals surface area contributed by atoms with E-state index in [0.717, 1.165) is 26.1 Å². The molecule has 1 atom stereocenters. The van der Waals surface area contributed by atoms with E-state index < -0.39 is 0 Å². The third kappa shape index (κ3) is 4.04. The molecule has 1 fully saturated rings. The van der Waals surface area contributed by atoms with Crippen LogP contribution in [0.25, 0.3) is 0 Å². The van der Waals surface area contributed by atoms with E-state index in [1.165, 1.54) is 12.8 Å². The fourth-order valence-electron chi connectivity index (χ4n) is 1.47. The molecule has 1 unspecified atom stereocenters. The predicted octanol–water partition coefficient (Wildman–Crippen LogP) is 0.921. The Bertz CT molecular complexity index is 103. The molecule has 0 spiro atoms. The predicted molar refractivity (Wildman–Crippen MR) is 48.1 cm³/mol. The maximum atomic E-state index is 5.48. The monoisotopic (exact) mass is 173 g/mol. The Morgan fingerprint density at radius 3 is 3.00 bits per heavy atom. The molecule has 0 aromatic carbocycles. The summed E-state index contributed by atoms with van der Waals surface area (Å²) in [4.78, 5) is 0. The first-order valence-electron chi connectivity index (χ1n) is 4.83. The Labute approximate surface area is 74.2 Å². The zero-order valence-corrected chi connectivity index (χ0v) is 7.63. The fraction of sp³-hybridized carbons (Fsp3) is 1.00. The van der Waals surface area contributed by atoms with Gasteiger partial charge < -0.3 is 15.2 Å². The Hall–Kier alpha value is -0.120. The molecule has 0 amide bonds. The van der Waals surface area contributed by atoms with Crippen LogP contribution in [0.1, 0.15) is 25.7 Å². The van der Waals surface area contributed by atoms with Crippen LogP contribution in [0.4, 0.5) is 0 Å². The molecule has 1 rings (SSSR count). The van der Waals surface area contributed by atoms with Gasteiger partial charge in [-0.05, 0) is 25.7 Å². The van der Waals surface area contributed by atoms with E-state index in [0.29, 0.717) is 19.3 Å². The average Bonchev–Trinajstić information content (AvgIpc) is 2.57. The van der Waals surface area contributed by atoms with E-state index in [2.05, 4.69) is 0 Å². The van der Waals surface area contributed by atoms with Crippen molar-refractivity contribution in [3.63, 3.8) is 0 Å². The van der Waals surface area contributed by atoms with Crippen molar-refractivity contribution in [1.82, 2.24) is 0 Å². The SMILES string of the molecule is NCCOCCCC1CCCO1. The van der Waals surface area contributed by atoms with Gasteiger partial charge in [-0.3, -0.25) is 0 Å². The molecule has 72 valence electrons. The summed E-state index contributed by atoms with van der Waals surface area (Å²) in [6.45, 7) is 3.09. The molecule has 1 aliphatic rings. The largest absolute Gasteiger partial charge is 0.380 e. The standard InChI is InChI=1S/C9H19NO2/c10-5-8-11-6-1-3-9-4-2-7-12-9/h9H,1-8,10H2. The van der Waals surface area contributed by atoms with E-state index >= 15 is 0 Å². The van der Waals surface area contributed by atoms with Crippen LogP contribution >= 0.6 is 0 Å². The zero-order valence-electron chi connectivity index (χ0n) is 7.63. The lowest BCUT2D eigenvalue weighted by Crippen LogP contribution is -2.11. The number of ether oxygens (including phenoxy) is 2. The van der Waals surface area contributed by atoms with Crippen molar-refractivity contribution < 1.29 is 9.47 Å². The molecule has 1 aliphatic heterocycles. The zero-order chi connectivity index (χ0) is 8.65. The van der Waals surface area contributed by atoms with Gasteiger partial charge in [-0.15, -0.1) is 0 Å². The molecule has 0 aromatic rings. The van der Waals surface area contributed by atoms with Crippen molar-refractivity contribution in [2.24, 2.45) is 5.73 Å². The molecule has 2 N–H and O–H groups in total. The molecule has 1 saturated heterocycles. The minimum absolute atomic E-state index is 0.506. The summed E-state index contributed by atoms with van der Waals surface area (Å²) in [7, 11) is 0. The molecule has 0 aromatic heterocycles. The highest BCUT2D eigenvalue weighted by molar-refractivity contribution is 4.64. The molecular weight excluding hydrogens is 154 g/mol. The highest BCUT2D eigenvalue weighted by Gasteiger charge is 2.14. The molecule has 0 bridgehead atoms. The molecule has 0 saturated carbocycles. The summed E-state index contributed by atoms with van der Waals surface area (Å²) < 4.78 is 10.7. The second-order valence-corrected chi connectivity index (χ2v) is 3.18. The van der Waals surface area contributed by atoms with E-state index in [1.54, 1.807) is 0 Å². The van der Waals surface area contributed by atoms with Gasteiger partial charge in [-0.2, -0.15) is 0 Å². The highest BCUT2D eigenvalue weighted by atomic mass is 16.5. The number of hydrogen-bond acceptors (Lipinski definition) is 3. The van der Waals surface area contributed by atoms with Crippen LogP contribution in [0.2, 0.25) is 0 Å². The first kappa shape index (κ1) is 9.96. The van der Waals surface area contributed by atoms with Gasteiger partial charge in [0.15, 0.2) is 0 Å². The first-order valence-corrected chi connectivity index (χ1v) is 4.83. The lowest BCUT2D eigenvalue weighted by atomic mass is 10.1. The van der Waals surface area contributed by atoms with Gasteiger partial charge in [0.05, 0.1) is 12.7 Å². The highest BCUT2D eigenvalue weighted by Crippen LogP contribution is 2.16. The van der Waals surface area contributed by atoms with Gasteiger partial charge in [0, 0.05) is 19.8 Å². The van der Waals surface area contributed by atoms with Crippen LogP contribution in [0.5, 0.6) is 0 Å². The Morgan fingerprint density at radius 2 is 2.33 bits per heavy atom. The molecule has 0 radical (unpaired) electrons. The van der Waals surface area contributed by atoms with Crippen LogP contribution in [0.15, 0.2) is 0 Å². The summed E-state index contributed by atoms with van der Waals surface area (Å²) in [5.74, 6) is 0. The molecule has 0 aliphatic carbocycles. The maximum absolute atomic E-state index is 5.48. The van der Waals surface area contributed by atoms with Crippen molar-refractivity contribution in [3.05, 3.63) is 0 Å². The van der Waals surface area contributed by atoms with Crippen LogP contribution < -0.4 is 5.73 Å².